The molecule has 2 amide bonds. The minimum atomic E-state index is -0.217. The average molecular weight is 270 g/mol. The van der Waals surface area contributed by atoms with E-state index < -0.39 is 0 Å². The highest BCUT2D eigenvalue weighted by atomic mass is 32.1. The summed E-state index contributed by atoms with van der Waals surface area (Å²) in [4.78, 5) is 28.6. The van der Waals surface area contributed by atoms with Gasteiger partial charge in [-0.3, -0.25) is 9.59 Å². The van der Waals surface area contributed by atoms with Crippen LogP contribution in [0.5, 0.6) is 0 Å². The van der Waals surface area contributed by atoms with E-state index in [2.05, 4.69) is 34.4 Å². The summed E-state index contributed by atoms with van der Waals surface area (Å²) >= 11 is 8.64. The zero-order valence-corrected chi connectivity index (χ0v) is 11.1. The third-order valence-corrected chi connectivity index (χ3v) is 2.30. The largest absolute Gasteiger partial charge is 0.272 e. The molecular formula is C11H14N2O2S2. The first kappa shape index (κ1) is 15.9. The van der Waals surface area contributed by atoms with Crippen molar-refractivity contribution >= 4 is 46.6 Å². The van der Waals surface area contributed by atoms with Crippen LogP contribution in [0.2, 0.25) is 0 Å². The molecule has 0 spiro atoms. The predicted octanol–water partition coefficient (Wildman–Crippen LogP) is 2.98. The Labute approximate surface area is 111 Å². The number of amides is 2. The van der Waals surface area contributed by atoms with Gasteiger partial charge in [0.05, 0.1) is 10.3 Å². The van der Waals surface area contributed by atoms with Gasteiger partial charge >= 0.3 is 0 Å². The van der Waals surface area contributed by atoms with Gasteiger partial charge in [-0.1, -0.05) is 19.3 Å². The van der Waals surface area contributed by atoms with E-state index in [1.807, 2.05) is 10.3 Å². The molecule has 0 bridgehead atoms. The number of thiocarbonyl (C=S) groups is 2. The summed E-state index contributed by atoms with van der Waals surface area (Å²) in [6.07, 6.45) is 5.31. The number of rotatable bonds is 8. The third-order valence-electron chi connectivity index (χ3n) is 2.12. The molecule has 0 heterocycles. The molecule has 0 N–H and O–H groups in total. The first-order chi connectivity index (χ1) is 8.20. The fourth-order valence-electron chi connectivity index (χ4n) is 1.30. The van der Waals surface area contributed by atoms with Crippen LogP contribution in [-0.4, -0.2) is 22.1 Å². The summed E-state index contributed by atoms with van der Waals surface area (Å²) in [6, 6.07) is 0. The lowest BCUT2D eigenvalue weighted by Gasteiger charge is -1.98. The summed E-state index contributed by atoms with van der Waals surface area (Å²) in [5.74, 6) is -0.434. The quantitative estimate of drug-likeness (QED) is 0.386. The van der Waals surface area contributed by atoms with E-state index in [0.717, 1.165) is 32.1 Å². The molecule has 0 saturated carbocycles. The van der Waals surface area contributed by atoms with Crippen LogP contribution in [0.1, 0.15) is 44.9 Å². The van der Waals surface area contributed by atoms with Gasteiger partial charge in [-0.15, -0.1) is 0 Å². The van der Waals surface area contributed by atoms with Crippen LogP contribution in [0.4, 0.5) is 0 Å². The highest BCUT2D eigenvalue weighted by Crippen LogP contribution is 2.08. The van der Waals surface area contributed by atoms with Crippen LogP contribution in [0.15, 0.2) is 9.98 Å². The molecule has 17 heavy (non-hydrogen) atoms. The molecule has 0 aromatic rings. The van der Waals surface area contributed by atoms with E-state index in [1.54, 1.807) is 0 Å². The van der Waals surface area contributed by atoms with Crippen LogP contribution in [0.3, 0.4) is 0 Å². The molecule has 0 aromatic carbocycles. The lowest BCUT2D eigenvalue weighted by molar-refractivity contribution is -0.118. The minimum absolute atomic E-state index is 0.217. The second-order valence-corrected chi connectivity index (χ2v) is 3.83. The van der Waals surface area contributed by atoms with E-state index in [-0.39, 0.29) is 11.8 Å². The van der Waals surface area contributed by atoms with Gasteiger partial charge in [0.25, 0.3) is 11.8 Å². The Bertz CT molecular complexity index is 322. The normalized spacial score (nSPS) is 8.94. The smallest absolute Gasteiger partial charge is 0.254 e. The Morgan fingerprint density at radius 3 is 1.47 bits per heavy atom. The van der Waals surface area contributed by atoms with Crippen molar-refractivity contribution in [1.82, 2.24) is 0 Å². The summed E-state index contributed by atoms with van der Waals surface area (Å²) in [5, 5.41) is 4.10. The maximum Gasteiger partial charge on any atom is 0.254 e. The van der Waals surface area contributed by atoms with Crippen LogP contribution in [-0.2, 0) is 9.59 Å². The van der Waals surface area contributed by atoms with Gasteiger partial charge < -0.3 is 0 Å². The molecule has 0 unspecified atom stereocenters. The number of unbranched alkanes of at least 4 members (excludes halogenated alkanes) is 4. The first-order valence-electron chi connectivity index (χ1n) is 5.42. The van der Waals surface area contributed by atoms with Gasteiger partial charge in [0, 0.05) is 12.8 Å². The van der Waals surface area contributed by atoms with Crippen molar-refractivity contribution in [2.45, 2.75) is 44.9 Å². The topological polar surface area (TPSA) is 58.9 Å². The molecule has 0 saturated heterocycles. The molecule has 6 heteroatoms. The highest BCUT2D eigenvalue weighted by molar-refractivity contribution is 7.78. The van der Waals surface area contributed by atoms with Crippen molar-refractivity contribution in [3.05, 3.63) is 0 Å². The van der Waals surface area contributed by atoms with Crippen molar-refractivity contribution in [2.75, 3.05) is 0 Å². The fourth-order valence-corrected chi connectivity index (χ4v) is 1.50. The third kappa shape index (κ3) is 11.2. The number of hydrogen-bond acceptors (Lipinski definition) is 4. The molecule has 0 aliphatic carbocycles. The standard InChI is InChI=1S/C11H14N2O2S2/c14-10(12-8-16)6-4-2-1-3-5-7-11(15)13-9-17/h1-7H2. The zero-order valence-electron chi connectivity index (χ0n) is 9.48. The number of carbonyl (C=O) groups is 2. The summed E-state index contributed by atoms with van der Waals surface area (Å²) < 4.78 is 0. The lowest BCUT2D eigenvalue weighted by Crippen LogP contribution is -1.93. The van der Waals surface area contributed by atoms with E-state index >= 15 is 0 Å². The van der Waals surface area contributed by atoms with Crippen molar-refractivity contribution in [3.63, 3.8) is 0 Å². The van der Waals surface area contributed by atoms with Crippen LogP contribution in [0.25, 0.3) is 0 Å². The van der Waals surface area contributed by atoms with Gasteiger partial charge in [-0.25, -0.2) is 0 Å². The maximum atomic E-state index is 10.9. The minimum Gasteiger partial charge on any atom is -0.272 e. The molecule has 0 aromatic heterocycles. The molecule has 0 atom stereocenters. The Kier molecular flexibility index (Phi) is 10.7. The van der Waals surface area contributed by atoms with Gasteiger partial charge in [0.2, 0.25) is 0 Å². The van der Waals surface area contributed by atoms with Crippen molar-refractivity contribution in [1.29, 1.82) is 0 Å². The molecule has 92 valence electrons. The monoisotopic (exact) mass is 270 g/mol. The number of aliphatic imine (C=N–C) groups is 2. The van der Waals surface area contributed by atoms with Crippen LogP contribution >= 0.6 is 24.4 Å². The number of nitrogens with zero attached hydrogens (tertiary/aromatic N) is 2. The lowest BCUT2D eigenvalue weighted by atomic mass is 10.1. The van der Waals surface area contributed by atoms with E-state index in [4.69, 9.17) is 0 Å². The van der Waals surface area contributed by atoms with Crippen molar-refractivity contribution in [2.24, 2.45) is 9.98 Å². The second kappa shape index (κ2) is 11.4. The predicted molar refractivity (Wildman–Crippen MR) is 72.4 cm³/mol. The van der Waals surface area contributed by atoms with Gasteiger partial charge in [0.1, 0.15) is 0 Å². The molecular weight excluding hydrogens is 256 g/mol. The average Bonchev–Trinajstić information content (AvgIpc) is 2.28. The fraction of sp³-hybridized carbons (Fsp3) is 0.636. The SMILES string of the molecule is O=C(CCCCCCCC(=O)N=C=S)N=C=S. The summed E-state index contributed by atoms with van der Waals surface area (Å²) in [6.45, 7) is 0. The molecule has 0 aliphatic rings. The second-order valence-electron chi connectivity index (χ2n) is 3.46. The van der Waals surface area contributed by atoms with Crippen molar-refractivity contribution in [3.8, 4) is 0 Å². The Hall–Kier alpha value is -1.06. The number of isothiocyanates is 2. The van der Waals surface area contributed by atoms with Crippen LogP contribution in [0, 0.1) is 0 Å². The Morgan fingerprint density at radius 2 is 1.12 bits per heavy atom. The Morgan fingerprint density at radius 1 is 0.765 bits per heavy atom. The molecule has 4 nitrogen and oxygen atoms in total. The number of hydrogen-bond donors (Lipinski definition) is 0. The summed E-state index contributed by atoms with van der Waals surface area (Å²) in [5.41, 5.74) is 0. The molecule has 0 rings (SSSR count). The van der Waals surface area contributed by atoms with E-state index in [1.165, 1.54) is 0 Å². The maximum absolute atomic E-state index is 10.9. The van der Waals surface area contributed by atoms with Gasteiger partial charge in [-0.05, 0) is 37.3 Å². The van der Waals surface area contributed by atoms with Crippen molar-refractivity contribution < 1.29 is 9.59 Å². The van der Waals surface area contributed by atoms with E-state index in [9.17, 15) is 9.59 Å². The van der Waals surface area contributed by atoms with Gasteiger partial charge in [-0.2, -0.15) is 9.98 Å². The van der Waals surface area contributed by atoms with Crippen LogP contribution < -0.4 is 0 Å². The van der Waals surface area contributed by atoms with E-state index in [0.29, 0.717) is 12.8 Å². The summed E-state index contributed by atoms with van der Waals surface area (Å²) in [7, 11) is 0. The molecule has 0 fully saturated rings. The number of carbonyl (C=O) groups excluding carboxylic acids is 2. The first-order valence-corrected chi connectivity index (χ1v) is 6.23. The Balaban J connectivity index is 3.35. The molecule has 0 radical (unpaired) electrons. The highest BCUT2D eigenvalue weighted by Gasteiger charge is 2.00. The van der Waals surface area contributed by atoms with Gasteiger partial charge in [0.15, 0.2) is 0 Å². The molecule has 0 aliphatic heterocycles. The zero-order chi connectivity index (χ0) is 12.9.